The zero-order valence-corrected chi connectivity index (χ0v) is 18.0. The Morgan fingerprint density at radius 2 is 1.79 bits per heavy atom. The second kappa shape index (κ2) is 8.81. The van der Waals surface area contributed by atoms with Gasteiger partial charge in [-0.3, -0.25) is 10.1 Å². The highest BCUT2D eigenvalue weighted by Crippen LogP contribution is 2.23. The van der Waals surface area contributed by atoms with Crippen molar-refractivity contribution in [1.29, 1.82) is 0 Å². The monoisotopic (exact) mass is 430 g/mol. The number of benzene rings is 2. The highest BCUT2D eigenvalue weighted by atomic mass is 32.2. The smallest absolute Gasteiger partial charge is 0.270 e. The molecule has 1 heterocycles. The molecule has 0 aliphatic heterocycles. The quantitative estimate of drug-likeness (QED) is 0.557. The van der Waals surface area contributed by atoms with Gasteiger partial charge in [0.05, 0.1) is 0 Å². The van der Waals surface area contributed by atoms with E-state index in [-0.39, 0.29) is 15.4 Å². The summed E-state index contributed by atoms with van der Waals surface area (Å²) in [5.41, 5.74) is 3.34. The number of hydrogen-bond acceptors (Lipinski definition) is 6. The second-order valence-corrected chi connectivity index (χ2v) is 9.45. The molecule has 0 fully saturated rings. The number of carbonyl (C=O) groups excluding carboxylic acids is 1. The summed E-state index contributed by atoms with van der Waals surface area (Å²) < 4.78 is 27.7. The third-order valence-corrected chi connectivity index (χ3v) is 7.21. The van der Waals surface area contributed by atoms with E-state index in [2.05, 4.69) is 27.2 Å². The van der Waals surface area contributed by atoms with Crippen LogP contribution >= 0.6 is 11.3 Å². The summed E-state index contributed by atoms with van der Waals surface area (Å²) in [7, 11) is -3.87. The first-order valence-corrected chi connectivity index (χ1v) is 11.4. The molecule has 0 saturated heterocycles. The number of hydrogen-bond donors (Lipinski definition) is 2. The average molecular weight is 431 g/mol. The van der Waals surface area contributed by atoms with Gasteiger partial charge >= 0.3 is 0 Å². The van der Waals surface area contributed by atoms with E-state index in [0.717, 1.165) is 28.9 Å². The van der Waals surface area contributed by atoms with Crippen molar-refractivity contribution in [3.63, 3.8) is 0 Å². The Labute approximate surface area is 174 Å². The normalized spacial score (nSPS) is 12.5. The topological polar surface area (TPSA) is 101 Å². The van der Waals surface area contributed by atoms with Gasteiger partial charge in [0.25, 0.3) is 15.9 Å². The van der Waals surface area contributed by atoms with Crippen LogP contribution in [0.4, 0.5) is 5.13 Å². The van der Waals surface area contributed by atoms with Crippen LogP contribution in [0.3, 0.4) is 0 Å². The number of anilines is 1. The minimum atomic E-state index is -3.87. The van der Waals surface area contributed by atoms with E-state index in [4.69, 9.17) is 0 Å². The van der Waals surface area contributed by atoms with Crippen molar-refractivity contribution in [2.24, 2.45) is 0 Å². The fourth-order valence-electron chi connectivity index (χ4n) is 2.75. The molecule has 7 nitrogen and oxygen atoms in total. The molecule has 2 N–H and O–H groups in total. The van der Waals surface area contributed by atoms with E-state index in [1.54, 1.807) is 19.1 Å². The molecule has 1 atom stereocenters. The maximum absolute atomic E-state index is 12.6. The summed E-state index contributed by atoms with van der Waals surface area (Å²) in [6.07, 6.45) is 0.919. The van der Waals surface area contributed by atoms with E-state index in [9.17, 15) is 13.2 Å². The highest BCUT2D eigenvalue weighted by Gasteiger charge is 2.24. The molecule has 9 heteroatoms. The van der Waals surface area contributed by atoms with Gasteiger partial charge in [0.1, 0.15) is 0 Å². The van der Waals surface area contributed by atoms with Crippen LogP contribution < -0.4 is 10.0 Å². The summed E-state index contributed by atoms with van der Waals surface area (Å²) in [6, 6.07) is 14.4. The van der Waals surface area contributed by atoms with Crippen LogP contribution in [-0.2, 0) is 16.4 Å². The third kappa shape index (κ3) is 5.06. The molecule has 0 aliphatic rings. The number of nitrogens with zero attached hydrogens (tertiary/aromatic N) is 2. The van der Waals surface area contributed by atoms with Crippen molar-refractivity contribution in [2.75, 3.05) is 5.32 Å². The summed E-state index contributed by atoms with van der Waals surface area (Å²) in [5.74, 6) is -0.361. The predicted octanol–water partition coefficient (Wildman–Crippen LogP) is 3.70. The van der Waals surface area contributed by atoms with Gasteiger partial charge in [-0.1, -0.05) is 60.7 Å². The standard InChI is InChI=1S/C20H22N4O3S2/c1-4-15-9-11-16(12-10-15)14(3)24-29(26,27)20-23-22-19(28-20)21-18(25)17-8-6-5-7-13(17)2/h5-12,14,24H,4H2,1-3H3,(H,21,22,25)/t14-/m1/s1. The first kappa shape index (κ1) is 21.1. The number of aromatic nitrogens is 2. The number of rotatable bonds is 7. The fraction of sp³-hybridized carbons (Fsp3) is 0.250. The first-order chi connectivity index (χ1) is 13.8. The lowest BCUT2D eigenvalue weighted by Gasteiger charge is -2.13. The van der Waals surface area contributed by atoms with Gasteiger partial charge < -0.3 is 0 Å². The molecule has 1 aromatic heterocycles. The van der Waals surface area contributed by atoms with E-state index >= 15 is 0 Å². The Kier molecular flexibility index (Phi) is 6.41. The Morgan fingerprint density at radius 1 is 1.10 bits per heavy atom. The molecule has 0 aliphatic carbocycles. The van der Waals surface area contributed by atoms with E-state index < -0.39 is 16.1 Å². The fourth-order valence-corrected chi connectivity index (χ4v) is 4.90. The number of sulfonamides is 1. The lowest BCUT2D eigenvalue weighted by molar-refractivity contribution is 0.102. The molecule has 29 heavy (non-hydrogen) atoms. The van der Waals surface area contributed by atoms with E-state index in [0.29, 0.717) is 5.56 Å². The SMILES string of the molecule is CCc1ccc([C@@H](C)NS(=O)(=O)c2nnc(NC(=O)c3ccccc3C)s2)cc1. The number of amides is 1. The molecule has 0 radical (unpaired) electrons. The number of carbonyl (C=O) groups is 1. The summed E-state index contributed by atoms with van der Waals surface area (Å²) in [4.78, 5) is 12.4. The Hall–Kier alpha value is -2.62. The molecule has 3 aromatic rings. The molecular weight excluding hydrogens is 408 g/mol. The maximum Gasteiger partial charge on any atom is 0.270 e. The van der Waals surface area contributed by atoms with Crippen molar-refractivity contribution in [3.05, 3.63) is 70.8 Å². The summed E-state index contributed by atoms with van der Waals surface area (Å²) in [6.45, 7) is 5.65. The van der Waals surface area contributed by atoms with Gasteiger partial charge in [0.2, 0.25) is 9.47 Å². The van der Waals surface area contributed by atoms with Gasteiger partial charge in [-0.15, -0.1) is 10.2 Å². The minimum absolute atomic E-state index is 0.124. The lowest BCUT2D eigenvalue weighted by atomic mass is 10.1. The Bertz CT molecular complexity index is 1110. The van der Waals surface area contributed by atoms with Crippen LogP contribution in [0.2, 0.25) is 0 Å². The number of aryl methyl sites for hydroxylation is 2. The van der Waals surface area contributed by atoms with Crippen LogP contribution in [0, 0.1) is 6.92 Å². The van der Waals surface area contributed by atoms with Gasteiger partial charge in [0.15, 0.2) is 0 Å². The summed E-state index contributed by atoms with van der Waals surface area (Å²) in [5, 5.41) is 10.3. The van der Waals surface area contributed by atoms with Gasteiger partial charge in [-0.25, -0.2) is 13.1 Å². The van der Waals surface area contributed by atoms with Crippen molar-refractivity contribution >= 4 is 32.4 Å². The lowest BCUT2D eigenvalue weighted by Crippen LogP contribution is -2.26. The molecular formula is C20H22N4O3S2. The molecule has 0 spiro atoms. The Morgan fingerprint density at radius 3 is 2.45 bits per heavy atom. The molecule has 3 rings (SSSR count). The first-order valence-electron chi connectivity index (χ1n) is 9.12. The van der Waals surface area contributed by atoms with Crippen LogP contribution in [-0.4, -0.2) is 24.5 Å². The average Bonchev–Trinajstić information content (AvgIpc) is 3.17. The zero-order valence-electron chi connectivity index (χ0n) is 16.3. The van der Waals surface area contributed by atoms with Gasteiger partial charge in [-0.05, 0) is 43.0 Å². The zero-order chi connectivity index (χ0) is 21.0. The molecule has 1 amide bonds. The second-order valence-electron chi connectivity index (χ2n) is 6.58. The molecule has 0 saturated carbocycles. The van der Waals surface area contributed by atoms with Crippen LogP contribution in [0.1, 0.15) is 46.9 Å². The van der Waals surface area contributed by atoms with Crippen LogP contribution in [0.5, 0.6) is 0 Å². The van der Waals surface area contributed by atoms with Crippen LogP contribution in [0.25, 0.3) is 0 Å². The largest absolute Gasteiger partial charge is 0.296 e. The van der Waals surface area contributed by atoms with Crippen molar-refractivity contribution in [3.8, 4) is 0 Å². The predicted molar refractivity (Wildman–Crippen MR) is 114 cm³/mol. The third-order valence-electron chi connectivity index (χ3n) is 4.47. The highest BCUT2D eigenvalue weighted by molar-refractivity contribution is 7.91. The summed E-state index contributed by atoms with van der Waals surface area (Å²) >= 11 is 0.807. The number of nitrogens with one attached hydrogen (secondary N) is 2. The van der Waals surface area contributed by atoms with Crippen molar-refractivity contribution < 1.29 is 13.2 Å². The molecule has 0 bridgehead atoms. The molecule has 2 aromatic carbocycles. The maximum atomic E-state index is 12.6. The van der Waals surface area contributed by atoms with Crippen LogP contribution in [0.15, 0.2) is 52.9 Å². The van der Waals surface area contributed by atoms with Gasteiger partial charge in [0, 0.05) is 11.6 Å². The molecule has 0 unspecified atom stereocenters. The minimum Gasteiger partial charge on any atom is -0.296 e. The van der Waals surface area contributed by atoms with Crippen molar-refractivity contribution in [1.82, 2.24) is 14.9 Å². The van der Waals surface area contributed by atoms with E-state index in [1.165, 1.54) is 5.56 Å². The van der Waals surface area contributed by atoms with Crippen molar-refractivity contribution in [2.45, 2.75) is 37.6 Å². The molecule has 152 valence electrons. The Balaban J connectivity index is 1.71. The van der Waals surface area contributed by atoms with E-state index in [1.807, 2.05) is 43.3 Å². The van der Waals surface area contributed by atoms with Gasteiger partial charge in [-0.2, -0.15) is 0 Å².